The van der Waals surface area contributed by atoms with E-state index in [2.05, 4.69) is 46.9 Å². The maximum Gasteiger partial charge on any atom is 0.0116 e. The second kappa shape index (κ2) is 6.44. The van der Waals surface area contributed by atoms with Crippen LogP contribution in [-0.4, -0.2) is 12.6 Å². The Balaban J connectivity index is 3.98. The monoisotopic (exact) mass is 199 g/mol. The molecule has 0 spiro atoms. The molecule has 0 aromatic rings. The Kier molecular flexibility index (Phi) is 6.43. The first-order valence-electron chi connectivity index (χ1n) is 6.15. The van der Waals surface area contributed by atoms with Gasteiger partial charge in [0, 0.05) is 6.04 Å². The lowest BCUT2D eigenvalue weighted by Gasteiger charge is -2.32. The van der Waals surface area contributed by atoms with Gasteiger partial charge >= 0.3 is 0 Å². The predicted octanol–water partition coefficient (Wildman–Crippen LogP) is 3.84. The van der Waals surface area contributed by atoms with Crippen molar-refractivity contribution < 1.29 is 0 Å². The number of rotatable bonds is 6. The van der Waals surface area contributed by atoms with Crippen molar-refractivity contribution in [3.05, 3.63) is 0 Å². The second-order valence-electron chi connectivity index (χ2n) is 5.57. The van der Waals surface area contributed by atoms with Crippen LogP contribution in [0.1, 0.15) is 60.8 Å². The lowest BCUT2D eigenvalue weighted by Crippen LogP contribution is -2.40. The van der Waals surface area contributed by atoms with Crippen molar-refractivity contribution in [1.82, 2.24) is 5.32 Å². The van der Waals surface area contributed by atoms with Crippen molar-refractivity contribution in [2.75, 3.05) is 6.54 Å². The quantitative estimate of drug-likeness (QED) is 0.685. The Bertz CT molecular complexity index is 135. The van der Waals surface area contributed by atoms with Gasteiger partial charge in [-0.25, -0.2) is 0 Å². The first-order valence-corrected chi connectivity index (χ1v) is 6.15. The Morgan fingerprint density at radius 2 is 1.64 bits per heavy atom. The molecule has 1 N–H and O–H groups in total. The molecule has 1 nitrogen and oxygen atoms in total. The molecule has 2 unspecified atom stereocenters. The smallest absolute Gasteiger partial charge is 0.0116 e. The fraction of sp³-hybridized carbons (Fsp3) is 1.00. The van der Waals surface area contributed by atoms with E-state index >= 15 is 0 Å². The van der Waals surface area contributed by atoms with Crippen molar-refractivity contribution in [2.24, 2.45) is 11.3 Å². The number of hydrogen-bond acceptors (Lipinski definition) is 1. The SMILES string of the molecule is CCNC(CCC(C)CC)C(C)(C)C. The van der Waals surface area contributed by atoms with Crippen LogP contribution in [0, 0.1) is 11.3 Å². The molecule has 0 heterocycles. The van der Waals surface area contributed by atoms with Crippen LogP contribution in [0.3, 0.4) is 0 Å². The van der Waals surface area contributed by atoms with Crippen molar-refractivity contribution in [3.63, 3.8) is 0 Å². The summed E-state index contributed by atoms with van der Waals surface area (Å²) in [4.78, 5) is 0. The summed E-state index contributed by atoms with van der Waals surface area (Å²) in [6, 6.07) is 0.668. The maximum absolute atomic E-state index is 3.60. The lowest BCUT2D eigenvalue weighted by molar-refractivity contribution is 0.243. The molecule has 2 atom stereocenters. The zero-order valence-electron chi connectivity index (χ0n) is 11.0. The van der Waals surface area contributed by atoms with Gasteiger partial charge in [0.2, 0.25) is 0 Å². The Hall–Kier alpha value is -0.0400. The molecule has 0 aromatic heterocycles. The fourth-order valence-electron chi connectivity index (χ4n) is 1.74. The molecule has 0 saturated heterocycles. The molecule has 0 aromatic carbocycles. The average molecular weight is 199 g/mol. The van der Waals surface area contributed by atoms with Crippen LogP contribution in [0.25, 0.3) is 0 Å². The molecule has 0 bridgehead atoms. The van der Waals surface area contributed by atoms with Crippen LogP contribution in [0.2, 0.25) is 0 Å². The van der Waals surface area contributed by atoms with Crippen LogP contribution >= 0.6 is 0 Å². The molecule has 0 rings (SSSR count). The van der Waals surface area contributed by atoms with Gasteiger partial charge in [0.15, 0.2) is 0 Å². The summed E-state index contributed by atoms with van der Waals surface area (Å²) >= 11 is 0. The van der Waals surface area contributed by atoms with Gasteiger partial charge in [-0.2, -0.15) is 0 Å². The minimum absolute atomic E-state index is 0.392. The van der Waals surface area contributed by atoms with Crippen molar-refractivity contribution in [1.29, 1.82) is 0 Å². The van der Waals surface area contributed by atoms with E-state index in [4.69, 9.17) is 0 Å². The first-order chi connectivity index (χ1) is 6.41. The van der Waals surface area contributed by atoms with Crippen molar-refractivity contribution in [3.8, 4) is 0 Å². The van der Waals surface area contributed by atoms with E-state index in [-0.39, 0.29) is 0 Å². The van der Waals surface area contributed by atoms with E-state index < -0.39 is 0 Å². The standard InChI is InChI=1S/C13H29N/c1-7-11(3)9-10-12(14-8-2)13(4,5)6/h11-12,14H,7-10H2,1-6H3. The van der Waals surface area contributed by atoms with Crippen LogP contribution in [0.4, 0.5) is 0 Å². The zero-order chi connectivity index (χ0) is 11.2. The normalized spacial score (nSPS) is 16.7. The topological polar surface area (TPSA) is 12.0 Å². The van der Waals surface area contributed by atoms with Gasteiger partial charge in [0.1, 0.15) is 0 Å². The summed E-state index contributed by atoms with van der Waals surface area (Å²) in [6.07, 6.45) is 3.97. The highest BCUT2D eigenvalue weighted by Crippen LogP contribution is 2.24. The lowest BCUT2D eigenvalue weighted by atomic mass is 9.82. The van der Waals surface area contributed by atoms with Crippen LogP contribution < -0.4 is 5.32 Å². The number of nitrogens with one attached hydrogen (secondary N) is 1. The summed E-state index contributed by atoms with van der Waals surface area (Å²) in [5.41, 5.74) is 0.392. The van der Waals surface area contributed by atoms with Crippen LogP contribution in [0.5, 0.6) is 0 Å². The summed E-state index contributed by atoms with van der Waals surface area (Å²) in [5, 5.41) is 3.60. The molecule has 0 amide bonds. The van der Waals surface area contributed by atoms with E-state index in [1.54, 1.807) is 0 Å². The maximum atomic E-state index is 3.60. The Morgan fingerprint density at radius 1 is 1.07 bits per heavy atom. The van der Waals surface area contributed by atoms with Gasteiger partial charge in [-0.05, 0) is 30.7 Å². The average Bonchev–Trinajstić information content (AvgIpc) is 2.09. The third-order valence-corrected chi connectivity index (χ3v) is 3.14. The molecule has 0 fully saturated rings. The fourth-order valence-corrected chi connectivity index (χ4v) is 1.74. The molecular weight excluding hydrogens is 170 g/mol. The summed E-state index contributed by atoms with van der Waals surface area (Å²) in [7, 11) is 0. The Labute approximate surface area is 90.7 Å². The Morgan fingerprint density at radius 3 is 2.00 bits per heavy atom. The molecule has 1 heteroatoms. The van der Waals surface area contributed by atoms with Gasteiger partial charge in [-0.1, -0.05) is 48.0 Å². The highest BCUT2D eigenvalue weighted by Gasteiger charge is 2.23. The molecule has 0 saturated carbocycles. The second-order valence-corrected chi connectivity index (χ2v) is 5.57. The van der Waals surface area contributed by atoms with E-state index in [1.807, 2.05) is 0 Å². The molecule has 0 aliphatic carbocycles. The molecule has 0 aliphatic heterocycles. The molecular formula is C13H29N. The van der Waals surface area contributed by atoms with Gasteiger partial charge in [-0.15, -0.1) is 0 Å². The number of hydrogen-bond donors (Lipinski definition) is 1. The van der Waals surface area contributed by atoms with Crippen molar-refractivity contribution >= 4 is 0 Å². The predicted molar refractivity (Wildman–Crippen MR) is 65.6 cm³/mol. The molecule has 86 valence electrons. The molecule has 0 radical (unpaired) electrons. The summed E-state index contributed by atoms with van der Waals surface area (Å²) < 4.78 is 0. The van der Waals surface area contributed by atoms with Gasteiger partial charge in [0.25, 0.3) is 0 Å². The highest BCUT2D eigenvalue weighted by atomic mass is 14.9. The van der Waals surface area contributed by atoms with Crippen LogP contribution in [-0.2, 0) is 0 Å². The summed E-state index contributed by atoms with van der Waals surface area (Å²) in [5.74, 6) is 0.874. The van der Waals surface area contributed by atoms with E-state index in [1.165, 1.54) is 19.3 Å². The minimum Gasteiger partial charge on any atom is -0.314 e. The minimum atomic E-state index is 0.392. The molecule has 0 aliphatic rings. The van der Waals surface area contributed by atoms with Crippen molar-refractivity contribution in [2.45, 2.75) is 66.8 Å². The van der Waals surface area contributed by atoms with Gasteiger partial charge in [-0.3, -0.25) is 0 Å². The van der Waals surface area contributed by atoms with E-state index in [9.17, 15) is 0 Å². The third-order valence-electron chi connectivity index (χ3n) is 3.14. The first kappa shape index (κ1) is 14.0. The summed E-state index contributed by atoms with van der Waals surface area (Å²) in [6.45, 7) is 14.9. The van der Waals surface area contributed by atoms with Gasteiger partial charge < -0.3 is 5.32 Å². The largest absolute Gasteiger partial charge is 0.314 e. The highest BCUT2D eigenvalue weighted by molar-refractivity contribution is 4.80. The zero-order valence-corrected chi connectivity index (χ0v) is 11.0. The van der Waals surface area contributed by atoms with E-state index in [0.717, 1.165) is 12.5 Å². The third kappa shape index (κ3) is 5.64. The van der Waals surface area contributed by atoms with E-state index in [0.29, 0.717) is 11.5 Å². The molecule has 14 heavy (non-hydrogen) atoms. The van der Waals surface area contributed by atoms with Crippen LogP contribution in [0.15, 0.2) is 0 Å². The van der Waals surface area contributed by atoms with Gasteiger partial charge in [0.05, 0.1) is 0 Å².